The van der Waals surface area contributed by atoms with Gasteiger partial charge >= 0.3 is 0 Å². The van der Waals surface area contributed by atoms with Gasteiger partial charge in [0.2, 0.25) is 5.91 Å². The minimum atomic E-state index is 0.0185. The molecule has 0 unspecified atom stereocenters. The van der Waals surface area contributed by atoms with Crippen LogP contribution in [-0.2, 0) is 4.79 Å². The molecule has 0 radical (unpaired) electrons. The van der Waals surface area contributed by atoms with Crippen LogP contribution in [-0.4, -0.2) is 5.91 Å². The van der Waals surface area contributed by atoms with Gasteiger partial charge in [0.15, 0.2) is 0 Å². The number of nitrogens with one attached hydrogen (secondary N) is 1. The van der Waals surface area contributed by atoms with Crippen LogP contribution in [0.3, 0.4) is 0 Å². The molecule has 2 aromatic rings. The van der Waals surface area contributed by atoms with Gasteiger partial charge in [-0.1, -0.05) is 43.3 Å². The van der Waals surface area contributed by atoms with Gasteiger partial charge in [0, 0.05) is 6.92 Å². The normalized spacial score (nSPS) is 12.4. The van der Waals surface area contributed by atoms with Crippen molar-refractivity contribution in [3.05, 3.63) is 48.0 Å². The molecule has 0 heterocycles. The highest BCUT2D eigenvalue weighted by Gasteiger charge is 2.10. The van der Waals surface area contributed by atoms with Crippen molar-refractivity contribution in [2.24, 2.45) is 0 Å². The van der Waals surface area contributed by atoms with Crippen molar-refractivity contribution in [2.45, 2.75) is 26.3 Å². The average molecular weight is 227 g/mol. The Hall–Kier alpha value is -1.83. The van der Waals surface area contributed by atoms with E-state index in [4.69, 9.17) is 0 Å². The van der Waals surface area contributed by atoms with E-state index in [1.807, 2.05) is 12.1 Å². The van der Waals surface area contributed by atoms with E-state index in [0.717, 1.165) is 6.42 Å². The van der Waals surface area contributed by atoms with Gasteiger partial charge in [-0.15, -0.1) is 0 Å². The predicted octanol–water partition coefficient (Wildman–Crippen LogP) is 3.43. The van der Waals surface area contributed by atoms with Crippen molar-refractivity contribution in [1.82, 2.24) is 5.32 Å². The van der Waals surface area contributed by atoms with Crippen LogP contribution in [0.2, 0.25) is 0 Å². The minimum Gasteiger partial charge on any atom is -0.350 e. The van der Waals surface area contributed by atoms with Crippen LogP contribution in [0.4, 0.5) is 0 Å². The molecule has 0 saturated carbocycles. The maximum Gasteiger partial charge on any atom is 0.217 e. The number of rotatable bonds is 3. The van der Waals surface area contributed by atoms with Gasteiger partial charge in [-0.05, 0) is 28.8 Å². The van der Waals surface area contributed by atoms with E-state index in [0.29, 0.717) is 0 Å². The first-order valence-electron chi connectivity index (χ1n) is 5.96. The molecular weight excluding hydrogens is 210 g/mol. The van der Waals surface area contributed by atoms with Crippen LogP contribution >= 0.6 is 0 Å². The maximum absolute atomic E-state index is 11.1. The molecule has 2 heteroatoms. The smallest absolute Gasteiger partial charge is 0.217 e. The third kappa shape index (κ3) is 2.64. The van der Waals surface area contributed by atoms with Crippen LogP contribution in [0.25, 0.3) is 10.8 Å². The van der Waals surface area contributed by atoms with E-state index in [2.05, 4.69) is 42.6 Å². The summed E-state index contributed by atoms with van der Waals surface area (Å²) in [6, 6.07) is 14.7. The Bertz CT molecular complexity index is 533. The molecule has 1 N–H and O–H groups in total. The second kappa shape index (κ2) is 5.00. The molecule has 0 aliphatic rings. The molecule has 1 amide bonds. The highest BCUT2D eigenvalue weighted by molar-refractivity contribution is 5.83. The van der Waals surface area contributed by atoms with Crippen LogP contribution in [0, 0.1) is 0 Å². The van der Waals surface area contributed by atoms with E-state index >= 15 is 0 Å². The molecule has 88 valence electrons. The van der Waals surface area contributed by atoms with Crippen molar-refractivity contribution in [3.8, 4) is 0 Å². The Kier molecular flexibility index (Phi) is 3.43. The lowest BCUT2D eigenvalue weighted by molar-refractivity contribution is -0.119. The summed E-state index contributed by atoms with van der Waals surface area (Å²) in [7, 11) is 0. The first-order chi connectivity index (χ1) is 8.20. The van der Waals surface area contributed by atoms with Crippen LogP contribution in [0.1, 0.15) is 31.9 Å². The molecular formula is C15H17NO. The standard InChI is InChI=1S/C15H17NO/c1-3-15(16-11(2)17)14-9-8-12-6-4-5-7-13(12)10-14/h4-10,15H,3H2,1-2H3,(H,16,17)/t15-/m1/s1. The monoisotopic (exact) mass is 227 g/mol. The first-order valence-corrected chi connectivity index (χ1v) is 5.96. The molecule has 17 heavy (non-hydrogen) atoms. The van der Waals surface area contributed by atoms with E-state index in [-0.39, 0.29) is 11.9 Å². The highest BCUT2D eigenvalue weighted by Crippen LogP contribution is 2.22. The number of hydrogen-bond donors (Lipinski definition) is 1. The largest absolute Gasteiger partial charge is 0.350 e. The summed E-state index contributed by atoms with van der Waals surface area (Å²) < 4.78 is 0. The van der Waals surface area contributed by atoms with Gasteiger partial charge in [0.05, 0.1) is 6.04 Å². The van der Waals surface area contributed by atoms with Crippen LogP contribution in [0.5, 0.6) is 0 Å². The van der Waals surface area contributed by atoms with Crippen molar-refractivity contribution in [1.29, 1.82) is 0 Å². The summed E-state index contributed by atoms with van der Waals surface area (Å²) in [5, 5.41) is 5.42. The second-order valence-corrected chi connectivity index (χ2v) is 4.27. The predicted molar refractivity (Wildman–Crippen MR) is 70.8 cm³/mol. The molecule has 0 saturated heterocycles. The van der Waals surface area contributed by atoms with Crippen molar-refractivity contribution in [3.63, 3.8) is 0 Å². The summed E-state index contributed by atoms with van der Waals surface area (Å²) in [6.45, 7) is 3.64. The Balaban J connectivity index is 2.37. The third-order valence-corrected chi connectivity index (χ3v) is 2.96. The zero-order chi connectivity index (χ0) is 12.3. The lowest BCUT2D eigenvalue weighted by atomic mass is 10.0. The molecule has 2 rings (SSSR count). The van der Waals surface area contributed by atoms with Crippen molar-refractivity contribution in [2.75, 3.05) is 0 Å². The summed E-state index contributed by atoms with van der Waals surface area (Å²) in [5.41, 5.74) is 1.17. The fraction of sp³-hybridized carbons (Fsp3) is 0.267. The molecule has 2 aromatic carbocycles. The number of benzene rings is 2. The number of carbonyl (C=O) groups is 1. The second-order valence-electron chi connectivity index (χ2n) is 4.27. The van der Waals surface area contributed by atoms with Gasteiger partial charge < -0.3 is 5.32 Å². The summed E-state index contributed by atoms with van der Waals surface area (Å²) >= 11 is 0. The van der Waals surface area contributed by atoms with Gasteiger partial charge in [0.1, 0.15) is 0 Å². The molecule has 1 atom stereocenters. The summed E-state index contributed by atoms with van der Waals surface area (Å²) in [5.74, 6) is 0.0185. The topological polar surface area (TPSA) is 29.1 Å². The number of fused-ring (bicyclic) bond motifs is 1. The molecule has 0 aliphatic heterocycles. The van der Waals surface area contributed by atoms with Gasteiger partial charge in [-0.25, -0.2) is 0 Å². The van der Waals surface area contributed by atoms with Gasteiger partial charge in [-0.2, -0.15) is 0 Å². The fourth-order valence-electron chi connectivity index (χ4n) is 2.09. The fourth-order valence-corrected chi connectivity index (χ4v) is 2.09. The zero-order valence-electron chi connectivity index (χ0n) is 10.2. The molecule has 0 aromatic heterocycles. The highest BCUT2D eigenvalue weighted by atomic mass is 16.1. The lowest BCUT2D eigenvalue weighted by Gasteiger charge is -2.16. The van der Waals surface area contributed by atoms with E-state index in [1.165, 1.54) is 16.3 Å². The van der Waals surface area contributed by atoms with Gasteiger partial charge in [-0.3, -0.25) is 4.79 Å². The quantitative estimate of drug-likeness (QED) is 0.855. The Morgan fingerprint density at radius 2 is 1.88 bits per heavy atom. The molecule has 0 fully saturated rings. The number of hydrogen-bond acceptors (Lipinski definition) is 1. The Morgan fingerprint density at radius 1 is 1.18 bits per heavy atom. The zero-order valence-corrected chi connectivity index (χ0v) is 10.2. The number of amides is 1. The lowest BCUT2D eigenvalue weighted by Crippen LogP contribution is -2.25. The van der Waals surface area contributed by atoms with Crippen molar-refractivity contribution >= 4 is 16.7 Å². The van der Waals surface area contributed by atoms with Gasteiger partial charge in [0.25, 0.3) is 0 Å². The minimum absolute atomic E-state index is 0.0185. The Morgan fingerprint density at radius 3 is 2.53 bits per heavy atom. The Labute approximate surface area is 102 Å². The average Bonchev–Trinajstić information content (AvgIpc) is 2.35. The SMILES string of the molecule is CC[C@@H](NC(C)=O)c1ccc2ccccc2c1. The first kappa shape index (κ1) is 11.6. The molecule has 0 aliphatic carbocycles. The molecule has 2 nitrogen and oxygen atoms in total. The van der Waals surface area contributed by atoms with E-state index in [9.17, 15) is 4.79 Å². The molecule has 0 bridgehead atoms. The summed E-state index contributed by atoms with van der Waals surface area (Å²) in [4.78, 5) is 11.1. The number of carbonyl (C=O) groups excluding carboxylic acids is 1. The summed E-state index contributed by atoms with van der Waals surface area (Å²) in [6.07, 6.45) is 0.901. The van der Waals surface area contributed by atoms with Crippen LogP contribution in [0.15, 0.2) is 42.5 Å². The third-order valence-electron chi connectivity index (χ3n) is 2.96. The van der Waals surface area contributed by atoms with E-state index < -0.39 is 0 Å². The van der Waals surface area contributed by atoms with Crippen LogP contribution < -0.4 is 5.32 Å². The van der Waals surface area contributed by atoms with Crippen molar-refractivity contribution < 1.29 is 4.79 Å². The van der Waals surface area contributed by atoms with E-state index in [1.54, 1.807) is 6.92 Å². The molecule has 0 spiro atoms. The maximum atomic E-state index is 11.1.